The molecule has 0 radical (unpaired) electrons. The summed E-state index contributed by atoms with van der Waals surface area (Å²) in [6, 6.07) is 13.3. The highest BCUT2D eigenvalue weighted by Crippen LogP contribution is 2.35. The standard InChI is InChI=1S/C16H16Br2O2/c1-10(2)20-15-6-4-3-5-13(15)16(19)12-8-7-11(17)9-14(12)18/h3-10,16,19H,1-2H3. The number of aliphatic hydroxyl groups excluding tert-OH is 1. The van der Waals surface area contributed by atoms with Gasteiger partial charge in [-0.25, -0.2) is 0 Å². The van der Waals surface area contributed by atoms with E-state index < -0.39 is 6.10 Å². The Morgan fingerprint density at radius 2 is 1.70 bits per heavy atom. The molecule has 0 fully saturated rings. The Morgan fingerprint density at radius 1 is 1.00 bits per heavy atom. The normalized spacial score (nSPS) is 12.5. The molecule has 0 aliphatic rings. The van der Waals surface area contributed by atoms with Gasteiger partial charge in [0.15, 0.2) is 0 Å². The summed E-state index contributed by atoms with van der Waals surface area (Å²) in [7, 11) is 0. The molecule has 0 aliphatic heterocycles. The van der Waals surface area contributed by atoms with Gasteiger partial charge in [-0.2, -0.15) is 0 Å². The number of hydrogen-bond donors (Lipinski definition) is 1. The van der Waals surface area contributed by atoms with Crippen LogP contribution in [-0.4, -0.2) is 11.2 Å². The topological polar surface area (TPSA) is 29.5 Å². The Labute approximate surface area is 136 Å². The van der Waals surface area contributed by atoms with Crippen LogP contribution in [0.2, 0.25) is 0 Å². The van der Waals surface area contributed by atoms with Crippen molar-refractivity contribution in [3.8, 4) is 5.75 Å². The fourth-order valence-corrected chi connectivity index (χ4v) is 3.22. The van der Waals surface area contributed by atoms with E-state index in [1.54, 1.807) is 0 Å². The summed E-state index contributed by atoms with van der Waals surface area (Å²) in [6.07, 6.45) is -0.663. The Kier molecular flexibility index (Phi) is 5.24. The minimum atomic E-state index is -0.729. The fraction of sp³-hybridized carbons (Fsp3) is 0.250. The van der Waals surface area contributed by atoms with E-state index in [4.69, 9.17) is 4.74 Å². The van der Waals surface area contributed by atoms with E-state index in [1.165, 1.54) is 0 Å². The van der Waals surface area contributed by atoms with E-state index in [-0.39, 0.29) is 6.10 Å². The Bertz CT molecular complexity index is 597. The molecule has 20 heavy (non-hydrogen) atoms. The molecule has 0 heterocycles. The molecular formula is C16H16Br2O2. The number of aliphatic hydroxyl groups is 1. The van der Waals surface area contributed by atoms with Gasteiger partial charge in [0.2, 0.25) is 0 Å². The molecule has 0 spiro atoms. The van der Waals surface area contributed by atoms with E-state index in [0.717, 1.165) is 20.1 Å². The van der Waals surface area contributed by atoms with Crippen LogP contribution in [0.4, 0.5) is 0 Å². The molecule has 2 aromatic carbocycles. The van der Waals surface area contributed by atoms with Gasteiger partial charge in [0, 0.05) is 14.5 Å². The average molecular weight is 400 g/mol. The molecule has 0 amide bonds. The molecule has 1 atom stereocenters. The lowest BCUT2D eigenvalue weighted by molar-refractivity contribution is 0.197. The fourth-order valence-electron chi connectivity index (χ4n) is 1.96. The molecule has 0 saturated carbocycles. The minimum absolute atomic E-state index is 0.0664. The van der Waals surface area contributed by atoms with Crippen LogP contribution in [0.1, 0.15) is 31.1 Å². The van der Waals surface area contributed by atoms with Gasteiger partial charge in [-0.15, -0.1) is 0 Å². The van der Waals surface area contributed by atoms with Crippen LogP contribution in [-0.2, 0) is 0 Å². The highest BCUT2D eigenvalue weighted by atomic mass is 79.9. The van der Waals surface area contributed by atoms with Gasteiger partial charge < -0.3 is 9.84 Å². The van der Waals surface area contributed by atoms with Crippen molar-refractivity contribution in [2.24, 2.45) is 0 Å². The zero-order chi connectivity index (χ0) is 14.7. The zero-order valence-electron chi connectivity index (χ0n) is 11.3. The number of ether oxygens (including phenoxy) is 1. The lowest BCUT2D eigenvalue weighted by atomic mass is 10.0. The third-order valence-corrected chi connectivity index (χ3v) is 4.01. The second-order valence-corrected chi connectivity index (χ2v) is 6.54. The van der Waals surface area contributed by atoms with Crippen molar-refractivity contribution in [2.75, 3.05) is 0 Å². The van der Waals surface area contributed by atoms with Crippen LogP contribution in [0, 0.1) is 0 Å². The molecule has 106 valence electrons. The summed E-state index contributed by atoms with van der Waals surface area (Å²) in [5.74, 6) is 0.713. The Balaban J connectivity index is 2.40. The van der Waals surface area contributed by atoms with Gasteiger partial charge in [-0.05, 0) is 37.6 Å². The first-order valence-corrected chi connectivity index (χ1v) is 7.96. The maximum atomic E-state index is 10.6. The van der Waals surface area contributed by atoms with E-state index in [2.05, 4.69) is 31.9 Å². The number of hydrogen-bond acceptors (Lipinski definition) is 2. The maximum absolute atomic E-state index is 10.6. The molecule has 1 unspecified atom stereocenters. The van der Waals surface area contributed by atoms with Gasteiger partial charge in [0.1, 0.15) is 11.9 Å². The lowest BCUT2D eigenvalue weighted by Crippen LogP contribution is -2.10. The second-order valence-electron chi connectivity index (χ2n) is 4.77. The number of benzene rings is 2. The van der Waals surface area contributed by atoms with Gasteiger partial charge in [0.05, 0.1) is 6.10 Å². The van der Waals surface area contributed by atoms with Gasteiger partial charge in [0.25, 0.3) is 0 Å². The van der Waals surface area contributed by atoms with Crippen LogP contribution in [0.3, 0.4) is 0 Å². The summed E-state index contributed by atoms with van der Waals surface area (Å²) in [5, 5.41) is 10.6. The summed E-state index contributed by atoms with van der Waals surface area (Å²) in [6.45, 7) is 3.94. The summed E-state index contributed by atoms with van der Waals surface area (Å²) < 4.78 is 7.59. The number of halogens is 2. The number of para-hydroxylation sites is 1. The smallest absolute Gasteiger partial charge is 0.125 e. The lowest BCUT2D eigenvalue weighted by Gasteiger charge is -2.19. The van der Waals surface area contributed by atoms with Crippen molar-refractivity contribution in [3.05, 3.63) is 62.5 Å². The van der Waals surface area contributed by atoms with Crippen LogP contribution in [0.15, 0.2) is 51.4 Å². The zero-order valence-corrected chi connectivity index (χ0v) is 14.5. The first kappa shape index (κ1) is 15.5. The summed E-state index contributed by atoms with van der Waals surface area (Å²) >= 11 is 6.90. The molecule has 2 nitrogen and oxygen atoms in total. The molecule has 0 bridgehead atoms. The van der Waals surface area contributed by atoms with E-state index in [1.807, 2.05) is 56.3 Å². The minimum Gasteiger partial charge on any atom is -0.491 e. The van der Waals surface area contributed by atoms with Crippen LogP contribution in [0.25, 0.3) is 0 Å². The molecule has 0 aliphatic carbocycles. The third-order valence-electron chi connectivity index (χ3n) is 2.83. The summed E-state index contributed by atoms with van der Waals surface area (Å²) in [4.78, 5) is 0. The predicted octanol–water partition coefficient (Wildman–Crippen LogP) is 5.08. The average Bonchev–Trinajstić information content (AvgIpc) is 2.38. The first-order chi connectivity index (χ1) is 9.49. The molecule has 0 aromatic heterocycles. The molecule has 2 aromatic rings. The van der Waals surface area contributed by atoms with Crippen LogP contribution in [0.5, 0.6) is 5.75 Å². The molecule has 4 heteroatoms. The first-order valence-electron chi connectivity index (χ1n) is 6.37. The quantitative estimate of drug-likeness (QED) is 0.776. The van der Waals surface area contributed by atoms with Crippen molar-refractivity contribution in [1.82, 2.24) is 0 Å². The summed E-state index contributed by atoms with van der Waals surface area (Å²) in [5.41, 5.74) is 1.58. The van der Waals surface area contributed by atoms with Crippen LogP contribution >= 0.6 is 31.9 Å². The van der Waals surface area contributed by atoms with E-state index in [9.17, 15) is 5.11 Å². The van der Waals surface area contributed by atoms with Crippen LogP contribution < -0.4 is 4.74 Å². The molecule has 0 saturated heterocycles. The highest BCUT2D eigenvalue weighted by molar-refractivity contribution is 9.11. The van der Waals surface area contributed by atoms with Crippen molar-refractivity contribution >= 4 is 31.9 Å². The van der Waals surface area contributed by atoms with Crippen molar-refractivity contribution in [2.45, 2.75) is 26.1 Å². The third kappa shape index (κ3) is 3.62. The van der Waals surface area contributed by atoms with Gasteiger partial charge in [-0.3, -0.25) is 0 Å². The Morgan fingerprint density at radius 3 is 2.35 bits per heavy atom. The van der Waals surface area contributed by atoms with Crippen molar-refractivity contribution in [1.29, 1.82) is 0 Å². The van der Waals surface area contributed by atoms with E-state index >= 15 is 0 Å². The van der Waals surface area contributed by atoms with E-state index in [0.29, 0.717) is 5.75 Å². The highest BCUT2D eigenvalue weighted by Gasteiger charge is 2.18. The largest absolute Gasteiger partial charge is 0.491 e. The molecular weight excluding hydrogens is 384 g/mol. The van der Waals surface area contributed by atoms with Gasteiger partial charge >= 0.3 is 0 Å². The predicted molar refractivity (Wildman–Crippen MR) is 88.1 cm³/mol. The number of rotatable bonds is 4. The second kappa shape index (κ2) is 6.74. The van der Waals surface area contributed by atoms with Crippen molar-refractivity contribution in [3.63, 3.8) is 0 Å². The molecule has 2 rings (SSSR count). The van der Waals surface area contributed by atoms with Crippen molar-refractivity contribution < 1.29 is 9.84 Å². The monoisotopic (exact) mass is 398 g/mol. The van der Waals surface area contributed by atoms with Gasteiger partial charge in [-0.1, -0.05) is 56.1 Å². The maximum Gasteiger partial charge on any atom is 0.125 e. The SMILES string of the molecule is CC(C)Oc1ccccc1C(O)c1ccc(Br)cc1Br. The molecule has 1 N–H and O–H groups in total. The Hall–Kier alpha value is -0.840.